The monoisotopic (exact) mass is 344 g/mol. The Bertz CT molecular complexity index is 319. The molecule has 1 saturated heterocycles. The molecule has 0 aliphatic carbocycles. The van der Waals surface area contributed by atoms with Gasteiger partial charge in [-0.05, 0) is 18.9 Å². The number of ether oxygens (including phenoxy) is 2. The minimum Gasteiger partial charge on any atom is -0.493 e. The van der Waals surface area contributed by atoms with Gasteiger partial charge in [-0.3, -0.25) is 0 Å². The molecule has 0 aromatic carbocycles. The molecule has 0 aromatic rings. The molecule has 0 spiro atoms. The van der Waals surface area contributed by atoms with Crippen LogP contribution in [0.25, 0.3) is 0 Å². The summed E-state index contributed by atoms with van der Waals surface area (Å²) in [5.74, 6) is 0. The van der Waals surface area contributed by atoms with Crippen LogP contribution in [0.15, 0.2) is 12.3 Å². The van der Waals surface area contributed by atoms with Crippen molar-refractivity contribution in [1.29, 1.82) is 0 Å². The van der Waals surface area contributed by atoms with Gasteiger partial charge in [-0.25, -0.2) is 0 Å². The smallest absolute Gasteiger partial charge is 0.154 e. The topological polar surface area (TPSA) is 79.2 Å². The van der Waals surface area contributed by atoms with E-state index in [0.717, 1.165) is 12.8 Å². The van der Waals surface area contributed by atoms with Gasteiger partial charge < -0.3 is 24.8 Å². The van der Waals surface area contributed by atoms with E-state index in [9.17, 15) is 15.3 Å². The Kier molecular flexibility index (Phi) is 12.2. The van der Waals surface area contributed by atoms with Gasteiger partial charge in [0.05, 0.1) is 19.5 Å². The molecule has 0 bridgehead atoms. The number of aliphatic hydroxyl groups excluding tert-OH is 3. The molecule has 1 aliphatic rings. The minimum atomic E-state index is -1.03. The average Bonchev–Trinajstić information content (AvgIpc) is 2.59. The van der Waals surface area contributed by atoms with Crippen LogP contribution in [-0.2, 0) is 9.47 Å². The van der Waals surface area contributed by atoms with Crippen LogP contribution in [0.2, 0.25) is 0 Å². The molecule has 0 unspecified atom stereocenters. The number of aliphatic hydroxyl groups is 3. The Morgan fingerprint density at radius 3 is 2.25 bits per heavy atom. The zero-order valence-electron chi connectivity index (χ0n) is 15.1. The summed E-state index contributed by atoms with van der Waals surface area (Å²) in [7, 11) is 0. The number of allylic oxidation sites excluding steroid dienone is 1. The lowest BCUT2D eigenvalue weighted by molar-refractivity contribution is -0.197. The summed E-state index contributed by atoms with van der Waals surface area (Å²) in [5.41, 5.74) is 0. The summed E-state index contributed by atoms with van der Waals surface area (Å²) in [6.45, 7) is 2.03. The van der Waals surface area contributed by atoms with E-state index in [1.807, 2.05) is 6.08 Å². The molecule has 5 nitrogen and oxygen atoms in total. The van der Waals surface area contributed by atoms with Crippen molar-refractivity contribution in [3.8, 4) is 0 Å². The highest BCUT2D eigenvalue weighted by Crippen LogP contribution is 2.19. The van der Waals surface area contributed by atoms with Gasteiger partial charge in [0, 0.05) is 0 Å². The highest BCUT2D eigenvalue weighted by atomic mass is 16.6. The van der Waals surface area contributed by atoms with Crippen LogP contribution in [0.1, 0.15) is 71.1 Å². The van der Waals surface area contributed by atoms with E-state index >= 15 is 0 Å². The fourth-order valence-electron chi connectivity index (χ4n) is 2.97. The fourth-order valence-corrected chi connectivity index (χ4v) is 2.97. The molecule has 1 fully saturated rings. The molecular formula is C19H36O5. The maximum absolute atomic E-state index is 9.92. The molecule has 24 heavy (non-hydrogen) atoms. The van der Waals surface area contributed by atoms with Gasteiger partial charge in [0.15, 0.2) is 6.10 Å². The number of hydrogen-bond acceptors (Lipinski definition) is 5. The normalized spacial score (nSPS) is 27.7. The highest BCUT2D eigenvalue weighted by Gasteiger charge is 2.39. The Labute approximate surface area is 146 Å². The molecule has 3 N–H and O–H groups in total. The van der Waals surface area contributed by atoms with Crippen LogP contribution >= 0.6 is 0 Å². The first-order valence-corrected chi connectivity index (χ1v) is 9.59. The Morgan fingerprint density at radius 1 is 1.00 bits per heavy atom. The predicted molar refractivity (Wildman–Crippen MR) is 94.7 cm³/mol. The fraction of sp³-hybridized carbons (Fsp3) is 0.895. The Morgan fingerprint density at radius 2 is 1.62 bits per heavy atom. The zero-order chi connectivity index (χ0) is 17.6. The van der Waals surface area contributed by atoms with Crippen LogP contribution in [0.3, 0.4) is 0 Å². The second-order valence-corrected chi connectivity index (χ2v) is 6.70. The third-order valence-electron chi connectivity index (χ3n) is 4.56. The van der Waals surface area contributed by atoms with Gasteiger partial charge in [-0.15, -0.1) is 0 Å². The van der Waals surface area contributed by atoms with Crippen molar-refractivity contribution in [2.75, 3.05) is 13.2 Å². The predicted octanol–water partition coefficient (Wildman–Crippen LogP) is 2.92. The van der Waals surface area contributed by atoms with Crippen LogP contribution in [0.5, 0.6) is 0 Å². The second kappa shape index (κ2) is 13.6. The van der Waals surface area contributed by atoms with E-state index in [-0.39, 0.29) is 13.2 Å². The van der Waals surface area contributed by atoms with E-state index in [0.29, 0.717) is 0 Å². The maximum Gasteiger partial charge on any atom is 0.154 e. The van der Waals surface area contributed by atoms with Crippen LogP contribution in [0.4, 0.5) is 0 Å². The van der Waals surface area contributed by atoms with Gasteiger partial charge >= 0.3 is 0 Å². The quantitative estimate of drug-likeness (QED) is 0.354. The Balaban J connectivity index is 2.04. The van der Waals surface area contributed by atoms with E-state index in [1.54, 1.807) is 6.26 Å². The van der Waals surface area contributed by atoms with Crippen LogP contribution in [0, 0.1) is 0 Å². The lowest BCUT2D eigenvalue weighted by Gasteiger charge is -2.36. The molecular weight excluding hydrogens is 308 g/mol. The van der Waals surface area contributed by atoms with Gasteiger partial charge in [-0.2, -0.15) is 0 Å². The molecule has 1 rings (SSSR count). The zero-order valence-corrected chi connectivity index (χ0v) is 15.1. The summed E-state index contributed by atoms with van der Waals surface area (Å²) in [6.07, 6.45) is 12.8. The van der Waals surface area contributed by atoms with Crippen molar-refractivity contribution in [3.63, 3.8) is 0 Å². The van der Waals surface area contributed by atoms with E-state index < -0.39 is 24.4 Å². The van der Waals surface area contributed by atoms with Crippen LogP contribution in [-0.4, -0.2) is 52.9 Å². The molecule has 1 heterocycles. The second-order valence-electron chi connectivity index (χ2n) is 6.70. The minimum absolute atomic E-state index is 0.0222. The van der Waals surface area contributed by atoms with Gasteiger partial charge in [0.25, 0.3) is 0 Å². The molecule has 5 heteroatoms. The maximum atomic E-state index is 9.92. The summed E-state index contributed by atoms with van der Waals surface area (Å²) < 4.78 is 10.7. The summed E-state index contributed by atoms with van der Waals surface area (Å²) >= 11 is 0. The molecule has 4 atom stereocenters. The van der Waals surface area contributed by atoms with Crippen molar-refractivity contribution in [3.05, 3.63) is 12.3 Å². The van der Waals surface area contributed by atoms with Crippen molar-refractivity contribution in [2.45, 2.75) is 95.5 Å². The number of rotatable bonds is 13. The summed E-state index contributed by atoms with van der Waals surface area (Å²) in [5, 5.41) is 28.7. The molecule has 0 amide bonds. The average molecular weight is 344 g/mol. The summed E-state index contributed by atoms with van der Waals surface area (Å²) in [6, 6.07) is 0. The highest BCUT2D eigenvalue weighted by molar-refractivity contribution is 4.89. The SMILES string of the molecule is CCCCCCCCCCC/C=C/O[C@@H]1[C@@H](O)[C@H](O)CO[C@H]1CO. The molecule has 1 aliphatic heterocycles. The molecule has 142 valence electrons. The van der Waals surface area contributed by atoms with Crippen LogP contribution < -0.4 is 0 Å². The van der Waals surface area contributed by atoms with E-state index in [4.69, 9.17) is 9.47 Å². The Hall–Kier alpha value is -0.620. The van der Waals surface area contributed by atoms with Gasteiger partial charge in [0.1, 0.15) is 18.3 Å². The van der Waals surface area contributed by atoms with Crippen molar-refractivity contribution in [1.82, 2.24) is 0 Å². The van der Waals surface area contributed by atoms with Gasteiger partial charge in [0.2, 0.25) is 0 Å². The number of unbranched alkanes of at least 4 members (excludes halogenated alkanes) is 9. The van der Waals surface area contributed by atoms with E-state index in [2.05, 4.69) is 6.92 Å². The lowest BCUT2D eigenvalue weighted by atomic mass is 10.0. The number of hydrogen-bond donors (Lipinski definition) is 3. The van der Waals surface area contributed by atoms with Crippen molar-refractivity contribution >= 4 is 0 Å². The van der Waals surface area contributed by atoms with Gasteiger partial charge in [-0.1, -0.05) is 58.3 Å². The molecule has 0 aromatic heterocycles. The largest absolute Gasteiger partial charge is 0.493 e. The first-order chi connectivity index (χ1) is 11.7. The van der Waals surface area contributed by atoms with Crippen molar-refractivity contribution < 1.29 is 24.8 Å². The van der Waals surface area contributed by atoms with Crippen molar-refractivity contribution in [2.24, 2.45) is 0 Å². The summed E-state index contributed by atoms with van der Waals surface area (Å²) in [4.78, 5) is 0. The molecule has 0 radical (unpaired) electrons. The third-order valence-corrected chi connectivity index (χ3v) is 4.56. The first-order valence-electron chi connectivity index (χ1n) is 9.59. The lowest BCUT2D eigenvalue weighted by Crippen LogP contribution is -2.54. The third kappa shape index (κ3) is 8.47. The first kappa shape index (κ1) is 21.4. The standard InChI is InChI=1S/C19H36O5/c1-2-3-4-5-6-7-8-9-10-11-12-13-23-19-17(14-20)24-15-16(21)18(19)22/h12-13,16-22H,2-11,14-15H2,1H3/b13-12+/t16-,17+,18+,19+/m1/s1. The molecule has 0 saturated carbocycles. The van der Waals surface area contributed by atoms with E-state index in [1.165, 1.54) is 51.4 Å².